The first-order valence-corrected chi connectivity index (χ1v) is 6.80. The van der Waals surface area contributed by atoms with Crippen LogP contribution in [-0.2, 0) is 5.75 Å². The molecule has 0 aliphatic heterocycles. The van der Waals surface area contributed by atoms with Crippen molar-refractivity contribution in [3.8, 4) is 17.0 Å². The molecule has 19 heavy (non-hydrogen) atoms. The molecule has 1 N–H and O–H groups in total. The van der Waals surface area contributed by atoms with Crippen LogP contribution in [0.15, 0.2) is 35.1 Å². The molecule has 0 aliphatic rings. The van der Waals surface area contributed by atoms with Crippen LogP contribution in [0.3, 0.4) is 0 Å². The topological polar surface area (TPSA) is 55.0 Å². The number of nitrogens with one attached hydrogen (secondary N) is 1. The zero-order valence-electron chi connectivity index (χ0n) is 10.7. The van der Waals surface area contributed by atoms with Gasteiger partial charge in [0.05, 0.1) is 12.3 Å². The number of H-pyrrole nitrogens is 1. The van der Waals surface area contributed by atoms with Gasteiger partial charge in [0.2, 0.25) is 0 Å². The zero-order valence-corrected chi connectivity index (χ0v) is 11.6. The largest absolute Gasteiger partial charge is 0.494 e. The molecule has 0 saturated carbocycles. The first-order chi connectivity index (χ1) is 9.24. The highest BCUT2D eigenvalue weighted by atomic mass is 32.1. The summed E-state index contributed by atoms with van der Waals surface area (Å²) in [7, 11) is 0. The van der Waals surface area contributed by atoms with Gasteiger partial charge in [-0.3, -0.25) is 4.79 Å². The van der Waals surface area contributed by atoms with Gasteiger partial charge in [0, 0.05) is 16.9 Å². The van der Waals surface area contributed by atoms with E-state index in [9.17, 15) is 4.79 Å². The smallest absolute Gasteiger partial charge is 0.268 e. The Balaban J connectivity index is 2.24. The molecule has 0 amide bonds. The number of nitrogens with zero attached hydrogens (tertiary/aromatic N) is 1. The lowest BCUT2D eigenvalue weighted by Gasteiger charge is -2.06. The molecule has 1 aromatic heterocycles. The van der Waals surface area contributed by atoms with Crippen LogP contribution < -0.4 is 10.3 Å². The van der Waals surface area contributed by atoms with Gasteiger partial charge >= 0.3 is 0 Å². The van der Waals surface area contributed by atoms with Crippen LogP contribution >= 0.6 is 12.6 Å². The van der Waals surface area contributed by atoms with E-state index >= 15 is 0 Å². The Labute approximate surface area is 117 Å². The van der Waals surface area contributed by atoms with Crippen LogP contribution in [0.2, 0.25) is 0 Å². The van der Waals surface area contributed by atoms with E-state index in [1.807, 2.05) is 24.3 Å². The fourth-order valence-corrected chi connectivity index (χ4v) is 1.89. The van der Waals surface area contributed by atoms with Crippen molar-refractivity contribution in [2.45, 2.75) is 19.1 Å². The van der Waals surface area contributed by atoms with Crippen LogP contribution in [-0.4, -0.2) is 16.8 Å². The van der Waals surface area contributed by atoms with E-state index in [-0.39, 0.29) is 5.56 Å². The average Bonchev–Trinajstić information content (AvgIpc) is 2.46. The molecule has 1 heterocycles. The van der Waals surface area contributed by atoms with Crippen molar-refractivity contribution in [1.29, 1.82) is 0 Å². The molecule has 0 spiro atoms. The van der Waals surface area contributed by atoms with E-state index in [1.165, 1.54) is 0 Å². The molecule has 0 bridgehead atoms. The number of thiol groups is 1. The standard InChI is InChI=1S/C14H16N2O2S/c1-2-7-18-12-5-3-10(4-6-12)13-8-11(9-19)14(17)16-15-13/h3-6,8,19H,2,7,9H2,1H3,(H,16,17). The van der Waals surface area contributed by atoms with Gasteiger partial charge in [0.15, 0.2) is 0 Å². The molecule has 0 unspecified atom stereocenters. The number of rotatable bonds is 5. The van der Waals surface area contributed by atoms with E-state index in [2.05, 4.69) is 29.7 Å². The highest BCUT2D eigenvalue weighted by molar-refractivity contribution is 7.79. The van der Waals surface area contributed by atoms with Crippen molar-refractivity contribution < 1.29 is 4.74 Å². The molecule has 100 valence electrons. The number of aromatic nitrogens is 2. The lowest BCUT2D eigenvalue weighted by atomic mass is 10.1. The van der Waals surface area contributed by atoms with Gasteiger partial charge in [0.25, 0.3) is 5.56 Å². The highest BCUT2D eigenvalue weighted by Gasteiger charge is 2.04. The second kappa shape index (κ2) is 6.43. The summed E-state index contributed by atoms with van der Waals surface area (Å²) in [4.78, 5) is 11.4. The van der Waals surface area contributed by atoms with Crippen LogP contribution in [0, 0.1) is 0 Å². The fraction of sp³-hybridized carbons (Fsp3) is 0.286. The first-order valence-electron chi connectivity index (χ1n) is 6.17. The molecule has 0 aliphatic carbocycles. The molecule has 2 rings (SSSR count). The molecular formula is C14H16N2O2S. The fourth-order valence-electron chi connectivity index (χ4n) is 1.65. The minimum atomic E-state index is -0.193. The number of hydrogen-bond donors (Lipinski definition) is 2. The molecular weight excluding hydrogens is 260 g/mol. The van der Waals surface area contributed by atoms with E-state index in [1.54, 1.807) is 6.07 Å². The van der Waals surface area contributed by atoms with E-state index in [4.69, 9.17) is 4.74 Å². The highest BCUT2D eigenvalue weighted by Crippen LogP contribution is 2.20. The Morgan fingerprint density at radius 3 is 2.68 bits per heavy atom. The SMILES string of the molecule is CCCOc1ccc(-c2cc(CS)c(=O)[nH]n2)cc1. The molecule has 1 aromatic carbocycles. The summed E-state index contributed by atoms with van der Waals surface area (Å²) < 4.78 is 5.52. The van der Waals surface area contributed by atoms with Crippen molar-refractivity contribution in [3.63, 3.8) is 0 Å². The average molecular weight is 276 g/mol. The third-order valence-corrected chi connectivity index (χ3v) is 3.01. The van der Waals surface area contributed by atoms with Crippen LogP contribution in [0.5, 0.6) is 5.75 Å². The quantitative estimate of drug-likeness (QED) is 0.825. The monoisotopic (exact) mass is 276 g/mol. The molecule has 0 fully saturated rings. The van der Waals surface area contributed by atoms with Gasteiger partial charge in [-0.25, -0.2) is 5.10 Å². The van der Waals surface area contributed by atoms with Gasteiger partial charge in [-0.15, -0.1) is 0 Å². The van der Waals surface area contributed by atoms with Crippen molar-refractivity contribution >= 4 is 12.6 Å². The van der Waals surface area contributed by atoms with Crippen molar-refractivity contribution in [2.75, 3.05) is 6.61 Å². The zero-order chi connectivity index (χ0) is 13.7. The Morgan fingerprint density at radius 1 is 1.32 bits per heavy atom. The van der Waals surface area contributed by atoms with Gasteiger partial charge in [-0.05, 0) is 36.8 Å². The Bertz CT molecular complexity index is 593. The molecule has 0 saturated heterocycles. The predicted octanol–water partition coefficient (Wildman–Crippen LogP) is 2.66. The second-order valence-electron chi connectivity index (χ2n) is 4.14. The third kappa shape index (κ3) is 3.38. The minimum absolute atomic E-state index is 0.193. The first kappa shape index (κ1) is 13.7. The third-order valence-electron chi connectivity index (χ3n) is 2.67. The van der Waals surface area contributed by atoms with E-state index < -0.39 is 0 Å². The maximum absolute atomic E-state index is 11.4. The van der Waals surface area contributed by atoms with Gasteiger partial charge < -0.3 is 4.74 Å². The maximum atomic E-state index is 11.4. The molecule has 0 radical (unpaired) electrons. The van der Waals surface area contributed by atoms with Gasteiger partial charge in [-0.2, -0.15) is 17.7 Å². The minimum Gasteiger partial charge on any atom is -0.494 e. The lowest BCUT2D eigenvalue weighted by Crippen LogP contribution is -2.13. The number of hydrogen-bond acceptors (Lipinski definition) is 4. The van der Waals surface area contributed by atoms with Gasteiger partial charge in [-0.1, -0.05) is 6.92 Å². The number of ether oxygens (including phenoxy) is 1. The maximum Gasteiger partial charge on any atom is 0.268 e. The second-order valence-corrected chi connectivity index (χ2v) is 4.45. The van der Waals surface area contributed by atoms with Crippen LogP contribution in [0.25, 0.3) is 11.3 Å². The van der Waals surface area contributed by atoms with Crippen molar-refractivity contribution in [1.82, 2.24) is 10.2 Å². The summed E-state index contributed by atoms with van der Waals surface area (Å²) >= 11 is 4.13. The van der Waals surface area contributed by atoms with Crippen LogP contribution in [0.4, 0.5) is 0 Å². The van der Waals surface area contributed by atoms with E-state index in [0.29, 0.717) is 17.9 Å². The molecule has 4 nitrogen and oxygen atoms in total. The Morgan fingerprint density at radius 2 is 2.05 bits per heavy atom. The molecule has 2 aromatic rings. The number of aromatic amines is 1. The van der Waals surface area contributed by atoms with E-state index in [0.717, 1.165) is 23.4 Å². The lowest BCUT2D eigenvalue weighted by molar-refractivity contribution is 0.317. The van der Waals surface area contributed by atoms with Crippen molar-refractivity contribution in [3.05, 3.63) is 46.2 Å². The normalized spacial score (nSPS) is 10.4. The summed E-state index contributed by atoms with van der Waals surface area (Å²) in [5.41, 5.74) is 2.08. The Hall–Kier alpha value is -1.75. The predicted molar refractivity (Wildman–Crippen MR) is 78.8 cm³/mol. The summed E-state index contributed by atoms with van der Waals surface area (Å²) in [6, 6.07) is 9.41. The van der Waals surface area contributed by atoms with Gasteiger partial charge in [0.1, 0.15) is 5.75 Å². The Kier molecular flexibility index (Phi) is 4.63. The van der Waals surface area contributed by atoms with Crippen molar-refractivity contribution in [2.24, 2.45) is 0 Å². The summed E-state index contributed by atoms with van der Waals surface area (Å²) in [5, 5.41) is 6.52. The summed E-state index contributed by atoms with van der Waals surface area (Å²) in [5.74, 6) is 1.23. The summed E-state index contributed by atoms with van der Waals surface area (Å²) in [6.45, 7) is 2.78. The number of benzene rings is 1. The van der Waals surface area contributed by atoms with Crippen LogP contribution in [0.1, 0.15) is 18.9 Å². The molecule has 0 atom stereocenters. The molecule has 5 heteroatoms. The summed E-state index contributed by atoms with van der Waals surface area (Å²) in [6.07, 6.45) is 0.981.